The Balaban J connectivity index is 2.56. The van der Waals surface area contributed by atoms with Gasteiger partial charge in [0, 0.05) is 45.3 Å². The number of imide groups is 1. The van der Waals surface area contributed by atoms with Crippen molar-refractivity contribution in [2.24, 2.45) is 11.1 Å². The lowest BCUT2D eigenvalue weighted by atomic mass is 9.83. The Kier molecular flexibility index (Phi) is 21.8. The van der Waals surface area contributed by atoms with Crippen molar-refractivity contribution < 1.29 is 76.5 Å². The number of nitrogens with two attached hydrogens (primary N) is 1. The number of Topliss-reactive ketones (excluding diaryl/α,β-unsaturated/α-hetero) is 2. The van der Waals surface area contributed by atoms with Gasteiger partial charge in [-0.3, -0.25) is 47.5 Å². The molecule has 0 spiro atoms. The van der Waals surface area contributed by atoms with E-state index >= 15 is 0 Å². The largest absolute Gasteiger partial charge is 0.481 e. The summed E-state index contributed by atoms with van der Waals surface area (Å²) in [5.74, 6) is -4.42. The Morgan fingerprint density at radius 3 is 2.15 bits per heavy atom. The Morgan fingerprint density at radius 1 is 0.887 bits per heavy atom. The van der Waals surface area contributed by atoms with Crippen LogP contribution in [-0.2, 0) is 61.4 Å². The van der Waals surface area contributed by atoms with Crippen molar-refractivity contribution in [3.8, 4) is 0 Å². The fourth-order valence-corrected chi connectivity index (χ4v) is 7.46. The molecule has 4 unspecified atom stereocenters. The highest BCUT2D eigenvalue weighted by Gasteiger charge is 2.49. The summed E-state index contributed by atoms with van der Waals surface area (Å²) in [6.07, 6.45) is 3.25. The number of carboxylic acid groups (broad SMARTS) is 2. The molecule has 5 N–H and O–H groups in total. The molecule has 0 bridgehead atoms. The molecule has 0 aliphatic carbocycles. The van der Waals surface area contributed by atoms with Gasteiger partial charge in [0.2, 0.25) is 11.8 Å². The predicted molar refractivity (Wildman–Crippen MR) is 190 cm³/mol. The monoisotopic (exact) mass is 798 g/mol. The molecule has 0 saturated carbocycles. The molecule has 304 valence electrons. The van der Waals surface area contributed by atoms with Crippen LogP contribution in [0.2, 0.25) is 0 Å². The van der Waals surface area contributed by atoms with Crippen molar-refractivity contribution in [2.45, 2.75) is 108 Å². The number of aliphatic carboxylic acids is 2. The number of phosphoric acid groups is 1. The lowest BCUT2D eigenvalue weighted by Crippen LogP contribution is -2.43. The first-order valence-electron chi connectivity index (χ1n) is 17.5. The third-order valence-electron chi connectivity index (χ3n) is 8.07. The van der Waals surface area contributed by atoms with Crippen LogP contribution in [0.5, 0.6) is 0 Å². The third kappa shape index (κ3) is 18.9. The molecule has 1 fully saturated rings. The summed E-state index contributed by atoms with van der Waals surface area (Å²) in [5, 5.41) is 17.5. The number of unbranched alkanes of at least 4 members (excludes halogenated alkanes) is 2. The lowest BCUT2D eigenvalue weighted by Gasteiger charge is -2.34. The van der Waals surface area contributed by atoms with Crippen molar-refractivity contribution in [1.29, 1.82) is 0 Å². The summed E-state index contributed by atoms with van der Waals surface area (Å²) in [5.41, 5.74) is 3.76. The molecule has 1 heterocycles. The topological polar surface area (TPSA) is 273 Å². The van der Waals surface area contributed by atoms with Gasteiger partial charge < -0.3 is 35.1 Å². The molecule has 0 aromatic rings. The quantitative estimate of drug-likeness (QED) is 0.0339. The standard InChI is InChI=1S/C33H55N2O16PS/c1-5-23(36)12-15-48-17-16-47-14-9-11-24(37)10-7-6-8-13-35-27(38)20-26(28(35)39)53-33(4,22-32(2,3)30(42)43)31(44)49-18-19-50-52(45,46)51-21-25(34)29(40)41/h25-26H,5-22,34H2,1-4H3,(H,40,41)(H,42,43)(H,45,46). The van der Waals surface area contributed by atoms with Crippen LogP contribution in [0.1, 0.15) is 91.9 Å². The zero-order chi connectivity index (χ0) is 40.2. The molecule has 0 aromatic carbocycles. The number of hydrogen-bond acceptors (Lipinski definition) is 15. The van der Waals surface area contributed by atoms with Gasteiger partial charge in [-0.05, 0) is 46.5 Å². The number of ether oxygens (including phenoxy) is 3. The number of carbonyl (C=O) groups is 7. The molecule has 2 amide bonds. The van der Waals surface area contributed by atoms with Gasteiger partial charge in [-0.15, -0.1) is 11.8 Å². The van der Waals surface area contributed by atoms with Gasteiger partial charge in [0.15, 0.2) is 0 Å². The van der Waals surface area contributed by atoms with Crippen LogP contribution >= 0.6 is 19.6 Å². The summed E-state index contributed by atoms with van der Waals surface area (Å²) in [4.78, 5) is 96.4. The van der Waals surface area contributed by atoms with E-state index in [1.807, 2.05) is 0 Å². The molecule has 20 heteroatoms. The highest BCUT2D eigenvalue weighted by molar-refractivity contribution is 8.02. The van der Waals surface area contributed by atoms with Crippen LogP contribution in [-0.4, -0.2) is 130 Å². The molecule has 1 rings (SSSR count). The summed E-state index contributed by atoms with van der Waals surface area (Å²) in [6.45, 7) is 5.55. The van der Waals surface area contributed by atoms with Gasteiger partial charge in [-0.1, -0.05) is 13.3 Å². The first kappa shape index (κ1) is 48.2. The number of carboxylic acids is 2. The van der Waals surface area contributed by atoms with Crippen molar-refractivity contribution in [3.63, 3.8) is 0 Å². The molecule has 1 saturated heterocycles. The Morgan fingerprint density at radius 2 is 1.53 bits per heavy atom. The van der Waals surface area contributed by atoms with E-state index in [-0.39, 0.29) is 31.0 Å². The van der Waals surface area contributed by atoms with Crippen LogP contribution in [0, 0.1) is 5.41 Å². The number of carbonyl (C=O) groups excluding carboxylic acids is 5. The van der Waals surface area contributed by atoms with Gasteiger partial charge in [0.05, 0.1) is 43.7 Å². The second-order valence-corrected chi connectivity index (χ2v) is 16.4. The van der Waals surface area contributed by atoms with E-state index in [1.165, 1.54) is 20.8 Å². The van der Waals surface area contributed by atoms with Gasteiger partial charge in [0.1, 0.15) is 29.0 Å². The zero-order valence-corrected chi connectivity index (χ0v) is 32.6. The molecule has 0 radical (unpaired) electrons. The van der Waals surface area contributed by atoms with Crippen LogP contribution in [0.4, 0.5) is 0 Å². The molecule has 0 aromatic heterocycles. The maximum atomic E-state index is 13.3. The highest BCUT2D eigenvalue weighted by Crippen LogP contribution is 2.45. The van der Waals surface area contributed by atoms with Gasteiger partial charge in [-0.2, -0.15) is 0 Å². The molecule has 4 atom stereocenters. The number of ketones is 2. The zero-order valence-electron chi connectivity index (χ0n) is 30.9. The van der Waals surface area contributed by atoms with Gasteiger partial charge in [-0.25, -0.2) is 4.57 Å². The summed E-state index contributed by atoms with van der Waals surface area (Å²) < 4.78 is 35.5. The van der Waals surface area contributed by atoms with Crippen molar-refractivity contribution >= 4 is 60.9 Å². The average molecular weight is 799 g/mol. The number of thioether (sulfide) groups is 1. The van der Waals surface area contributed by atoms with Crippen LogP contribution in [0.25, 0.3) is 0 Å². The summed E-state index contributed by atoms with van der Waals surface area (Å²) >= 11 is 0.802. The molecule has 1 aliphatic heterocycles. The smallest absolute Gasteiger partial charge is 0.472 e. The van der Waals surface area contributed by atoms with Gasteiger partial charge in [0.25, 0.3) is 0 Å². The minimum Gasteiger partial charge on any atom is -0.481 e. The minimum absolute atomic E-state index is 0.0777. The Hall–Kier alpha value is -2.77. The number of nitrogens with zero attached hydrogens (tertiary/aromatic N) is 1. The number of rotatable bonds is 31. The number of likely N-dealkylation sites (tertiary alicyclic amines) is 1. The highest BCUT2D eigenvalue weighted by atomic mass is 32.2. The lowest BCUT2D eigenvalue weighted by molar-refractivity contribution is -0.152. The number of esters is 1. The van der Waals surface area contributed by atoms with Gasteiger partial charge >= 0.3 is 25.7 Å². The Bertz CT molecular complexity index is 1310. The maximum absolute atomic E-state index is 13.3. The fraction of sp³-hybridized carbons (Fsp3) is 0.788. The van der Waals surface area contributed by atoms with Crippen LogP contribution < -0.4 is 5.73 Å². The van der Waals surface area contributed by atoms with Crippen molar-refractivity contribution in [1.82, 2.24) is 4.90 Å². The summed E-state index contributed by atoms with van der Waals surface area (Å²) in [7, 11) is -4.75. The van der Waals surface area contributed by atoms with Crippen molar-refractivity contribution in [2.75, 3.05) is 52.8 Å². The second kappa shape index (κ2) is 23.9. The first-order valence-corrected chi connectivity index (χ1v) is 19.8. The van der Waals surface area contributed by atoms with E-state index in [0.29, 0.717) is 77.8 Å². The summed E-state index contributed by atoms with van der Waals surface area (Å²) in [6, 6.07) is -1.58. The number of phosphoric ester groups is 1. The molecule has 18 nitrogen and oxygen atoms in total. The molecular formula is C33H55N2O16PS. The predicted octanol–water partition coefficient (Wildman–Crippen LogP) is 2.51. The second-order valence-electron chi connectivity index (χ2n) is 13.3. The molecule has 53 heavy (non-hydrogen) atoms. The normalized spacial score (nSPS) is 17.6. The average Bonchev–Trinajstić information content (AvgIpc) is 3.34. The van der Waals surface area contributed by atoms with E-state index in [9.17, 15) is 48.1 Å². The van der Waals surface area contributed by atoms with E-state index in [4.69, 9.17) is 25.1 Å². The van der Waals surface area contributed by atoms with Crippen molar-refractivity contribution in [3.05, 3.63) is 0 Å². The number of amides is 2. The minimum atomic E-state index is -4.75. The van der Waals surface area contributed by atoms with E-state index in [0.717, 1.165) is 16.7 Å². The third-order valence-corrected chi connectivity index (χ3v) is 10.5. The van der Waals surface area contributed by atoms with E-state index < -0.39 is 78.8 Å². The maximum Gasteiger partial charge on any atom is 0.472 e. The van der Waals surface area contributed by atoms with E-state index in [2.05, 4.69) is 9.05 Å². The molecular weight excluding hydrogens is 743 g/mol. The van der Waals surface area contributed by atoms with E-state index in [1.54, 1.807) is 6.92 Å². The number of hydrogen-bond donors (Lipinski definition) is 4. The van der Waals surface area contributed by atoms with Crippen LogP contribution in [0.15, 0.2) is 0 Å². The fourth-order valence-electron chi connectivity index (χ4n) is 5.05. The molecule has 1 aliphatic rings. The Labute approximate surface area is 313 Å². The van der Waals surface area contributed by atoms with Crippen LogP contribution in [0.3, 0.4) is 0 Å². The first-order chi connectivity index (χ1) is 24.7. The SMILES string of the molecule is CCC(=O)CCOCCOCCCC(=O)CCCCCN1C(=O)CC(SC(C)(CC(C)(C)C(=O)O)C(=O)OCCOP(=O)(O)OCC(N)C(=O)O)C1=O.